The van der Waals surface area contributed by atoms with Gasteiger partial charge in [-0.3, -0.25) is 4.79 Å². The number of carbonyl (C=O) groups is 1. The normalized spacial score (nSPS) is 17.2. The van der Waals surface area contributed by atoms with Crippen LogP contribution in [0.2, 0.25) is 0 Å². The first-order valence-corrected chi connectivity index (χ1v) is 12.9. The van der Waals surface area contributed by atoms with Crippen molar-refractivity contribution in [2.45, 2.75) is 51.4 Å². The molecule has 1 fully saturated rings. The summed E-state index contributed by atoms with van der Waals surface area (Å²) in [6, 6.07) is 14.1. The summed E-state index contributed by atoms with van der Waals surface area (Å²) in [7, 11) is 2.00. The second-order valence-corrected chi connectivity index (χ2v) is 10.2. The van der Waals surface area contributed by atoms with E-state index in [2.05, 4.69) is 56.1 Å². The number of carbonyl (C=O) groups excluding carboxylic acids is 1. The van der Waals surface area contributed by atoms with Crippen LogP contribution in [0.5, 0.6) is 0 Å². The fraction of sp³-hybridized carbons (Fsp3) is 0.321. The molecule has 5 aromatic rings. The maximum atomic E-state index is 13.2. The first-order chi connectivity index (χ1) is 18.4. The zero-order chi connectivity index (χ0) is 26.4. The monoisotopic (exact) mass is 510 g/mol. The first-order valence-electron chi connectivity index (χ1n) is 12.9. The van der Waals surface area contributed by atoms with Crippen molar-refractivity contribution in [3.8, 4) is 11.3 Å². The predicted octanol–water partition coefficient (Wildman–Crippen LogP) is 3.61. The molecule has 1 aromatic carbocycles. The van der Waals surface area contributed by atoms with Crippen LogP contribution in [0, 0.1) is 0 Å². The van der Waals surface area contributed by atoms with E-state index in [4.69, 9.17) is 4.98 Å². The molecule has 1 aliphatic carbocycles. The summed E-state index contributed by atoms with van der Waals surface area (Å²) in [5.41, 5.74) is 4.37. The lowest BCUT2D eigenvalue weighted by molar-refractivity contribution is 0.0448. The number of nitrogens with one attached hydrogen (secondary N) is 1. The number of fused-ring (bicyclic) bond motifs is 2. The molecule has 10 nitrogen and oxygen atoms in total. The molecule has 0 bridgehead atoms. The van der Waals surface area contributed by atoms with Crippen LogP contribution in [0.3, 0.4) is 0 Å². The lowest BCUT2D eigenvalue weighted by Crippen LogP contribution is -2.50. The van der Waals surface area contributed by atoms with Crippen LogP contribution in [0.25, 0.3) is 27.9 Å². The summed E-state index contributed by atoms with van der Waals surface area (Å²) in [5.74, 6) is 0.504. The number of hydrogen-bond acceptors (Lipinski definition) is 7. The van der Waals surface area contributed by atoms with Crippen molar-refractivity contribution in [3.63, 3.8) is 0 Å². The number of aromatic nitrogens is 6. The van der Waals surface area contributed by atoms with Crippen molar-refractivity contribution in [1.82, 2.24) is 34.7 Å². The summed E-state index contributed by atoms with van der Waals surface area (Å²) in [6.45, 7) is 4.85. The van der Waals surface area contributed by atoms with Crippen molar-refractivity contribution in [2.75, 3.05) is 11.9 Å². The minimum absolute atomic E-state index is 0.178. The highest BCUT2D eigenvalue weighted by Gasteiger charge is 2.31. The molecule has 4 aromatic heterocycles. The third-order valence-electron chi connectivity index (χ3n) is 7.24. The maximum Gasteiger partial charge on any atom is 0.257 e. The summed E-state index contributed by atoms with van der Waals surface area (Å²) >= 11 is 0. The van der Waals surface area contributed by atoms with E-state index in [0.717, 1.165) is 34.4 Å². The predicted molar refractivity (Wildman–Crippen MR) is 145 cm³/mol. The molecule has 1 aliphatic rings. The van der Waals surface area contributed by atoms with E-state index in [1.54, 1.807) is 16.9 Å². The van der Waals surface area contributed by atoms with Crippen LogP contribution in [-0.4, -0.2) is 59.6 Å². The van der Waals surface area contributed by atoms with E-state index in [-0.39, 0.29) is 18.0 Å². The first kappa shape index (κ1) is 24.1. The Kier molecular flexibility index (Phi) is 6.03. The molecule has 2 atom stereocenters. The van der Waals surface area contributed by atoms with Crippen LogP contribution in [0.1, 0.15) is 48.7 Å². The van der Waals surface area contributed by atoms with Gasteiger partial charge in [-0.15, -0.1) is 5.10 Å². The van der Waals surface area contributed by atoms with Gasteiger partial charge in [0.15, 0.2) is 11.3 Å². The topological polar surface area (TPSA) is 113 Å². The van der Waals surface area contributed by atoms with Gasteiger partial charge in [0.05, 0.1) is 30.2 Å². The van der Waals surface area contributed by atoms with Gasteiger partial charge < -0.3 is 19.9 Å². The number of anilines is 1. The van der Waals surface area contributed by atoms with Crippen LogP contribution < -0.4 is 10.2 Å². The van der Waals surface area contributed by atoms with Crippen LogP contribution in [-0.2, 0) is 6.54 Å². The van der Waals surface area contributed by atoms with Gasteiger partial charge >= 0.3 is 0 Å². The van der Waals surface area contributed by atoms with E-state index in [9.17, 15) is 9.90 Å². The summed E-state index contributed by atoms with van der Waals surface area (Å²) < 4.78 is 3.79. The summed E-state index contributed by atoms with van der Waals surface area (Å²) in [5, 5.41) is 26.9. The van der Waals surface area contributed by atoms with Gasteiger partial charge in [-0.25, -0.2) is 4.98 Å². The Morgan fingerprint density at radius 2 is 2.00 bits per heavy atom. The number of rotatable bonds is 7. The second kappa shape index (κ2) is 9.53. The smallest absolute Gasteiger partial charge is 0.257 e. The fourth-order valence-corrected chi connectivity index (χ4v) is 4.95. The zero-order valence-corrected chi connectivity index (χ0v) is 21.6. The van der Waals surface area contributed by atoms with Gasteiger partial charge in [-0.2, -0.15) is 14.7 Å². The molecule has 0 saturated heterocycles. The molecule has 0 radical (unpaired) electrons. The number of aliphatic hydroxyl groups is 1. The minimum Gasteiger partial charge on any atom is -0.391 e. The number of hydrogen-bond donors (Lipinski definition) is 2. The van der Waals surface area contributed by atoms with E-state index < -0.39 is 6.10 Å². The van der Waals surface area contributed by atoms with Gasteiger partial charge in [0.2, 0.25) is 0 Å². The number of benzene rings is 1. The Bertz CT molecular complexity index is 1620. The Morgan fingerprint density at radius 3 is 2.71 bits per heavy atom. The molecule has 194 valence electrons. The molecule has 10 heteroatoms. The lowest BCUT2D eigenvalue weighted by atomic mass is 9.89. The van der Waals surface area contributed by atoms with Gasteiger partial charge in [0, 0.05) is 42.8 Å². The SMILES string of the molecule is CC(C)n1cc(-c2cc(N(C)Cc3ccccc3)n3ncc(C(=O)NC4CC[C@H]4O)c3n2)c2ccnnc21. The quantitative estimate of drug-likeness (QED) is 0.344. The van der Waals surface area contributed by atoms with Gasteiger partial charge in [0.25, 0.3) is 5.91 Å². The Morgan fingerprint density at radius 1 is 1.18 bits per heavy atom. The van der Waals surface area contributed by atoms with E-state index in [0.29, 0.717) is 29.9 Å². The summed E-state index contributed by atoms with van der Waals surface area (Å²) in [4.78, 5) is 20.3. The Hall–Kier alpha value is -4.31. The van der Waals surface area contributed by atoms with Crippen molar-refractivity contribution in [2.24, 2.45) is 0 Å². The van der Waals surface area contributed by atoms with Crippen LogP contribution >= 0.6 is 0 Å². The molecule has 6 rings (SSSR count). The molecular formula is C28H30N8O2. The van der Waals surface area contributed by atoms with E-state index in [1.807, 2.05) is 43.6 Å². The fourth-order valence-electron chi connectivity index (χ4n) is 4.95. The van der Waals surface area contributed by atoms with Crippen LogP contribution in [0.15, 0.2) is 61.1 Å². The zero-order valence-electron chi connectivity index (χ0n) is 21.6. The average Bonchev–Trinajstić information content (AvgIpc) is 3.53. The minimum atomic E-state index is -0.514. The van der Waals surface area contributed by atoms with E-state index >= 15 is 0 Å². The molecule has 4 heterocycles. The number of amides is 1. The highest BCUT2D eigenvalue weighted by Crippen LogP contribution is 2.33. The second-order valence-electron chi connectivity index (χ2n) is 10.2. The van der Waals surface area contributed by atoms with Gasteiger partial charge in [-0.1, -0.05) is 30.3 Å². The van der Waals surface area contributed by atoms with Crippen molar-refractivity contribution >= 4 is 28.4 Å². The van der Waals surface area contributed by atoms with Gasteiger partial charge in [0.1, 0.15) is 11.4 Å². The van der Waals surface area contributed by atoms with E-state index in [1.165, 1.54) is 0 Å². The highest BCUT2D eigenvalue weighted by atomic mass is 16.3. The molecule has 0 spiro atoms. The Labute approximate surface area is 219 Å². The highest BCUT2D eigenvalue weighted by molar-refractivity contribution is 6.01. The molecule has 1 unspecified atom stereocenters. The standard InChI is InChI=1S/C28H30N8O2/c1-17(2)35-16-21(19-11-12-29-33-27(19)35)23-13-25(34(3)15-18-7-5-4-6-8-18)36-26(31-23)20(14-30-36)28(38)32-22-9-10-24(22)37/h4-8,11-14,16-17,22,24,37H,9-10,15H2,1-3H3,(H,32,38)/t22?,24-/m1/s1. The number of nitrogens with zero attached hydrogens (tertiary/aromatic N) is 7. The molecule has 1 saturated carbocycles. The van der Waals surface area contributed by atoms with Crippen molar-refractivity contribution < 1.29 is 9.90 Å². The Balaban J connectivity index is 1.50. The van der Waals surface area contributed by atoms with Crippen molar-refractivity contribution in [3.05, 3.63) is 72.2 Å². The molecular weight excluding hydrogens is 480 g/mol. The number of aliphatic hydroxyl groups excluding tert-OH is 1. The average molecular weight is 511 g/mol. The molecule has 0 aliphatic heterocycles. The molecule has 2 N–H and O–H groups in total. The van der Waals surface area contributed by atoms with Crippen molar-refractivity contribution in [1.29, 1.82) is 0 Å². The largest absolute Gasteiger partial charge is 0.391 e. The molecule has 38 heavy (non-hydrogen) atoms. The lowest BCUT2D eigenvalue weighted by Gasteiger charge is -2.32. The molecule has 1 amide bonds. The van der Waals surface area contributed by atoms with Gasteiger partial charge in [-0.05, 0) is 38.3 Å². The van der Waals surface area contributed by atoms with Crippen LogP contribution in [0.4, 0.5) is 5.82 Å². The third kappa shape index (κ3) is 4.16. The third-order valence-corrected chi connectivity index (χ3v) is 7.24. The maximum absolute atomic E-state index is 13.2. The summed E-state index contributed by atoms with van der Waals surface area (Å²) in [6.07, 6.45) is 6.21.